The van der Waals surface area contributed by atoms with Crippen LogP contribution in [0.4, 0.5) is 0 Å². The van der Waals surface area contributed by atoms with E-state index >= 15 is 0 Å². The molecule has 0 aromatic heterocycles. The second-order valence-corrected chi connectivity index (χ2v) is 6.66. The Kier molecular flexibility index (Phi) is 5.13. The number of carbonyl (C=O) groups excluding carboxylic acids is 1. The fourth-order valence-corrected chi connectivity index (χ4v) is 4.28. The highest BCUT2D eigenvalue weighted by Crippen LogP contribution is 2.37. The molecule has 0 bridgehead atoms. The molecule has 0 radical (unpaired) electrons. The van der Waals surface area contributed by atoms with Gasteiger partial charge in [-0.05, 0) is 43.4 Å². The van der Waals surface area contributed by atoms with Gasteiger partial charge in [0, 0.05) is 25.6 Å². The molecule has 2 aliphatic carbocycles. The fourth-order valence-electron chi connectivity index (χ4n) is 4.28. The lowest BCUT2D eigenvalue weighted by molar-refractivity contribution is -0.131. The van der Waals surface area contributed by atoms with Crippen LogP contribution in [0.5, 0.6) is 0 Å². The Morgan fingerprint density at radius 1 is 1.00 bits per heavy atom. The van der Waals surface area contributed by atoms with Crippen molar-refractivity contribution in [1.29, 1.82) is 0 Å². The monoisotopic (exact) mass is 286 g/mol. The molecule has 19 heavy (non-hydrogen) atoms. The zero-order valence-corrected chi connectivity index (χ0v) is 12.5. The molecule has 0 aromatic carbocycles. The van der Waals surface area contributed by atoms with Gasteiger partial charge < -0.3 is 10.6 Å². The molecule has 3 fully saturated rings. The standard InChI is InChI=1S/C15H26N2O.ClH/c16-14-7-3-6-11(14)8-15(18)17-9-12-4-1-2-5-13(12)10-17;/h11-14H,1-10,16H2;1H/t11-,12?,13?,14+;/m0./s1. The van der Waals surface area contributed by atoms with E-state index in [2.05, 4.69) is 4.90 Å². The van der Waals surface area contributed by atoms with Gasteiger partial charge in [-0.1, -0.05) is 19.3 Å². The summed E-state index contributed by atoms with van der Waals surface area (Å²) < 4.78 is 0. The number of halogens is 1. The normalized spacial score (nSPS) is 37.8. The van der Waals surface area contributed by atoms with Crippen molar-refractivity contribution >= 4 is 18.3 Å². The van der Waals surface area contributed by atoms with Gasteiger partial charge in [-0.3, -0.25) is 4.79 Å². The van der Waals surface area contributed by atoms with Crippen LogP contribution in [0, 0.1) is 17.8 Å². The number of likely N-dealkylation sites (tertiary alicyclic amines) is 1. The van der Waals surface area contributed by atoms with E-state index in [9.17, 15) is 4.79 Å². The second kappa shape index (κ2) is 6.45. The number of nitrogens with zero attached hydrogens (tertiary/aromatic N) is 1. The minimum atomic E-state index is 0. The molecule has 3 nitrogen and oxygen atoms in total. The second-order valence-electron chi connectivity index (χ2n) is 6.66. The number of amides is 1. The van der Waals surface area contributed by atoms with Crippen molar-refractivity contribution in [1.82, 2.24) is 4.90 Å². The maximum absolute atomic E-state index is 12.4. The molecule has 4 atom stereocenters. The summed E-state index contributed by atoms with van der Waals surface area (Å²) in [7, 11) is 0. The van der Waals surface area contributed by atoms with Gasteiger partial charge in [-0.25, -0.2) is 0 Å². The summed E-state index contributed by atoms with van der Waals surface area (Å²) in [6.07, 6.45) is 9.63. The summed E-state index contributed by atoms with van der Waals surface area (Å²) in [6.45, 7) is 2.07. The molecular formula is C15H27ClN2O. The zero-order chi connectivity index (χ0) is 12.5. The topological polar surface area (TPSA) is 46.3 Å². The van der Waals surface area contributed by atoms with Crippen LogP contribution in [0.25, 0.3) is 0 Å². The quantitative estimate of drug-likeness (QED) is 0.848. The van der Waals surface area contributed by atoms with E-state index in [1.807, 2.05) is 0 Å². The minimum absolute atomic E-state index is 0. The molecule has 1 heterocycles. The predicted molar refractivity (Wildman–Crippen MR) is 79.2 cm³/mol. The van der Waals surface area contributed by atoms with E-state index in [4.69, 9.17) is 5.73 Å². The average Bonchev–Trinajstić information content (AvgIpc) is 2.96. The lowest BCUT2D eigenvalue weighted by Gasteiger charge is -2.22. The molecule has 3 rings (SSSR count). The molecular weight excluding hydrogens is 260 g/mol. The van der Waals surface area contributed by atoms with Gasteiger partial charge in [0.1, 0.15) is 0 Å². The SMILES string of the molecule is Cl.N[C@@H]1CCC[C@H]1CC(=O)N1CC2CCCCC2C1. The highest BCUT2D eigenvalue weighted by Gasteiger charge is 2.37. The Morgan fingerprint density at radius 2 is 1.63 bits per heavy atom. The lowest BCUT2D eigenvalue weighted by atomic mass is 9.82. The fraction of sp³-hybridized carbons (Fsp3) is 0.933. The number of fused-ring (bicyclic) bond motifs is 1. The van der Waals surface area contributed by atoms with Crippen molar-refractivity contribution in [3.63, 3.8) is 0 Å². The minimum Gasteiger partial charge on any atom is -0.342 e. The summed E-state index contributed by atoms with van der Waals surface area (Å²) >= 11 is 0. The van der Waals surface area contributed by atoms with Crippen molar-refractivity contribution in [3.8, 4) is 0 Å². The number of carbonyl (C=O) groups is 1. The van der Waals surface area contributed by atoms with Crippen LogP contribution in [0.1, 0.15) is 51.4 Å². The van der Waals surface area contributed by atoms with Crippen molar-refractivity contribution < 1.29 is 4.79 Å². The first kappa shape index (κ1) is 15.1. The molecule has 110 valence electrons. The third-order valence-electron chi connectivity index (χ3n) is 5.48. The van der Waals surface area contributed by atoms with Crippen LogP contribution in [0.15, 0.2) is 0 Å². The first-order chi connectivity index (χ1) is 8.74. The van der Waals surface area contributed by atoms with E-state index < -0.39 is 0 Å². The van der Waals surface area contributed by atoms with E-state index in [1.165, 1.54) is 32.1 Å². The molecule has 3 aliphatic rings. The molecule has 1 amide bonds. The molecule has 1 saturated heterocycles. The van der Waals surface area contributed by atoms with Gasteiger partial charge in [-0.15, -0.1) is 12.4 Å². The molecule has 4 heteroatoms. The van der Waals surface area contributed by atoms with Crippen LogP contribution in [0.3, 0.4) is 0 Å². The number of hydrogen-bond donors (Lipinski definition) is 1. The van der Waals surface area contributed by atoms with Gasteiger partial charge in [0.2, 0.25) is 5.91 Å². The third kappa shape index (κ3) is 3.25. The lowest BCUT2D eigenvalue weighted by Crippen LogP contribution is -2.34. The molecule has 2 saturated carbocycles. The van der Waals surface area contributed by atoms with Gasteiger partial charge in [0.25, 0.3) is 0 Å². The molecule has 1 aliphatic heterocycles. The van der Waals surface area contributed by atoms with Crippen LogP contribution < -0.4 is 5.73 Å². The molecule has 2 unspecified atom stereocenters. The zero-order valence-electron chi connectivity index (χ0n) is 11.7. The smallest absolute Gasteiger partial charge is 0.222 e. The summed E-state index contributed by atoms with van der Waals surface area (Å²) in [6, 6.07) is 0.277. The number of rotatable bonds is 2. The van der Waals surface area contributed by atoms with E-state index in [0.717, 1.165) is 37.8 Å². The molecule has 0 aromatic rings. The largest absolute Gasteiger partial charge is 0.342 e. The molecule has 0 spiro atoms. The van der Waals surface area contributed by atoms with Crippen molar-refractivity contribution in [2.75, 3.05) is 13.1 Å². The van der Waals surface area contributed by atoms with Gasteiger partial charge in [0.15, 0.2) is 0 Å². The Morgan fingerprint density at radius 3 is 2.16 bits per heavy atom. The van der Waals surface area contributed by atoms with Crippen molar-refractivity contribution in [3.05, 3.63) is 0 Å². The Balaban J connectivity index is 0.00000133. The Hall–Kier alpha value is -0.280. The van der Waals surface area contributed by atoms with Gasteiger partial charge >= 0.3 is 0 Å². The number of nitrogens with two attached hydrogens (primary N) is 1. The van der Waals surface area contributed by atoms with Crippen molar-refractivity contribution in [2.45, 2.75) is 57.4 Å². The summed E-state index contributed by atoms with van der Waals surface area (Å²) in [5.41, 5.74) is 6.07. The summed E-state index contributed by atoms with van der Waals surface area (Å²) in [4.78, 5) is 14.5. The first-order valence-corrected chi connectivity index (χ1v) is 7.77. The van der Waals surface area contributed by atoms with Gasteiger partial charge in [0.05, 0.1) is 0 Å². The van der Waals surface area contributed by atoms with Crippen LogP contribution >= 0.6 is 12.4 Å². The van der Waals surface area contributed by atoms with Crippen molar-refractivity contribution in [2.24, 2.45) is 23.5 Å². The van der Waals surface area contributed by atoms with Crippen LogP contribution in [0.2, 0.25) is 0 Å². The number of hydrogen-bond acceptors (Lipinski definition) is 2. The molecule has 2 N–H and O–H groups in total. The highest BCUT2D eigenvalue weighted by molar-refractivity contribution is 5.85. The summed E-state index contributed by atoms with van der Waals surface area (Å²) in [5.74, 6) is 2.45. The average molecular weight is 287 g/mol. The third-order valence-corrected chi connectivity index (χ3v) is 5.48. The Labute approximate surface area is 122 Å². The van der Waals surface area contributed by atoms with E-state index in [-0.39, 0.29) is 18.4 Å². The highest BCUT2D eigenvalue weighted by atomic mass is 35.5. The predicted octanol–water partition coefficient (Wildman–Crippen LogP) is 2.57. The first-order valence-electron chi connectivity index (χ1n) is 7.77. The van der Waals surface area contributed by atoms with Gasteiger partial charge in [-0.2, -0.15) is 0 Å². The van der Waals surface area contributed by atoms with Crippen LogP contribution in [-0.2, 0) is 4.79 Å². The maximum Gasteiger partial charge on any atom is 0.222 e. The Bertz CT molecular complexity index is 309. The van der Waals surface area contributed by atoms with Crippen LogP contribution in [-0.4, -0.2) is 29.9 Å². The summed E-state index contributed by atoms with van der Waals surface area (Å²) in [5, 5.41) is 0. The van der Waals surface area contributed by atoms with E-state index in [0.29, 0.717) is 18.2 Å². The van der Waals surface area contributed by atoms with E-state index in [1.54, 1.807) is 0 Å². The maximum atomic E-state index is 12.4.